The van der Waals surface area contributed by atoms with Crippen molar-refractivity contribution in [3.05, 3.63) is 0 Å². The van der Waals surface area contributed by atoms with E-state index in [1.807, 2.05) is 13.8 Å². The van der Waals surface area contributed by atoms with Gasteiger partial charge in [-0.25, -0.2) is 0 Å². The number of hydrogen-bond acceptors (Lipinski definition) is 2. The average Bonchev–Trinajstić information content (AvgIpc) is 2.83. The van der Waals surface area contributed by atoms with E-state index in [1.165, 1.54) is 51.6 Å². The van der Waals surface area contributed by atoms with Gasteiger partial charge in [0.15, 0.2) is 0 Å². The molecule has 1 rings (SSSR count). The van der Waals surface area contributed by atoms with Gasteiger partial charge in [0.25, 0.3) is 0 Å². The van der Waals surface area contributed by atoms with Crippen LogP contribution in [-0.4, -0.2) is 24.0 Å². The second-order valence-electron chi connectivity index (χ2n) is 6.02. The van der Waals surface area contributed by atoms with Crippen molar-refractivity contribution in [3.8, 4) is 6.07 Å². The number of nitrogens with zero attached hydrogens (tertiary/aromatic N) is 2. The van der Waals surface area contributed by atoms with Crippen molar-refractivity contribution in [2.24, 2.45) is 5.41 Å². The highest BCUT2D eigenvalue weighted by atomic mass is 15.1. The molecular weight excluding hydrogens is 208 g/mol. The lowest BCUT2D eigenvalue weighted by atomic mass is 9.89. The summed E-state index contributed by atoms with van der Waals surface area (Å²) in [5.41, 5.74) is -0.135. The minimum atomic E-state index is -0.135. The van der Waals surface area contributed by atoms with Gasteiger partial charge in [0.2, 0.25) is 0 Å². The summed E-state index contributed by atoms with van der Waals surface area (Å²) >= 11 is 0. The molecule has 1 aliphatic carbocycles. The Labute approximate surface area is 107 Å². The highest BCUT2D eigenvalue weighted by Gasteiger charge is 2.21. The molecule has 17 heavy (non-hydrogen) atoms. The van der Waals surface area contributed by atoms with Crippen LogP contribution in [0.2, 0.25) is 0 Å². The van der Waals surface area contributed by atoms with Crippen molar-refractivity contribution in [1.29, 1.82) is 5.26 Å². The lowest BCUT2D eigenvalue weighted by Gasteiger charge is -2.27. The van der Waals surface area contributed by atoms with Gasteiger partial charge < -0.3 is 4.90 Å². The predicted octanol–water partition coefficient (Wildman–Crippen LogP) is 3.97. The SMILES string of the molecule is CCN(CCCCC(C)(C)C#N)C1CCCC1. The second kappa shape index (κ2) is 7.01. The smallest absolute Gasteiger partial charge is 0.0683 e. The molecule has 0 spiro atoms. The van der Waals surface area contributed by atoms with Crippen LogP contribution in [0.4, 0.5) is 0 Å². The number of unbranched alkanes of at least 4 members (excludes halogenated alkanes) is 1. The molecule has 0 atom stereocenters. The Morgan fingerprint density at radius 3 is 2.41 bits per heavy atom. The largest absolute Gasteiger partial charge is 0.301 e. The first-order valence-electron chi connectivity index (χ1n) is 7.24. The van der Waals surface area contributed by atoms with E-state index in [0.29, 0.717) is 0 Å². The molecule has 1 saturated carbocycles. The fraction of sp³-hybridized carbons (Fsp3) is 0.933. The quantitative estimate of drug-likeness (QED) is 0.625. The maximum atomic E-state index is 8.96. The maximum Gasteiger partial charge on any atom is 0.0683 e. The summed E-state index contributed by atoms with van der Waals surface area (Å²) in [6.07, 6.45) is 9.10. The Bertz CT molecular complexity index is 246. The Morgan fingerprint density at radius 2 is 1.88 bits per heavy atom. The third-order valence-electron chi connectivity index (χ3n) is 4.05. The number of nitriles is 1. The van der Waals surface area contributed by atoms with Crippen LogP contribution in [0.3, 0.4) is 0 Å². The van der Waals surface area contributed by atoms with E-state index in [0.717, 1.165) is 12.5 Å². The summed E-state index contributed by atoms with van der Waals surface area (Å²) < 4.78 is 0. The highest BCUT2D eigenvalue weighted by Crippen LogP contribution is 2.25. The number of hydrogen-bond donors (Lipinski definition) is 0. The summed E-state index contributed by atoms with van der Waals surface area (Å²) in [5, 5.41) is 8.96. The topological polar surface area (TPSA) is 27.0 Å². The van der Waals surface area contributed by atoms with Gasteiger partial charge in [-0.15, -0.1) is 0 Å². The Morgan fingerprint density at radius 1 is 1.24 bits per heavy atom. The highest BCUT2D eigenvalue weighted by molar-refractivity contribution is 4.91. The fourth-order valence-electron chi connectivity index (χ4n) is 2.81. The Kier molecular flexibility index (Phi) is 5.98. The predicted molar refractivity (Wildman–Crippen MR) is 72.7 cm³/mol. The first-order valence-corrected chi connectivity index (χ1v) is 7.24. The molecule has 1 aliphatic rings. The van der Waals surface area contributed by atoms with Crippen molar-refractivity contribution in [2.45, 2.75) is 71.8 Å². The van der Waals surface area contributed by atoms with E-state index in [-0.39, 0.29) is 5.41 Å². The Balaban J connectivity index is 2.18. The average molecular weight is 236 g/mol. The molecule has 0 saturated heterocycles. The van der Waals surface area contributed by atoms with Crippen molar-refractivity contribution in [2.75, 3.05) is 13.1 Å². The molecular formula is C15H28N2. The van der Waals surface area contributed by atoms with Gasteiger partial charge in [0, 0.05) is 6.04 Å². The van der Waals surface area contributed by atoms with Crippen LogP contribution in [-0.2, 0) is 0 Å². The molecule has 0 heterocycles. The van der Waals surface area contributed by atoms with Crippen molar-refractivity contribution in [1.82, 2.24) is 4.90 Å². The molecule has 0 aliphatic heterocycles. The van der Waals surface area contributed by atoms with Gasteiger partial charge in [-0.05, 0) is 52.6 Å². The molecule has 0 aromatic heterocycles. The Hall–Kier alpha value is -0.550. The van der Waals surface area contributed by atoms with Crippen LogP contribution in [0.25, 0.3) is 0 Å². The molecule has 98 valence electrons. The first-order chi connectivity index (χ1) is 8.09. The normalized spacial score (nSPS) is 17.6. The zero-order valence-electron chi connectivity index (χ0n) is 11.8. The molecule has 2 heteroatoms. The van der Waals surface area contributed by atoms with E-state index in [9.17, 15) is 0 Å². The standard InChI is InChI=1S/C15H28N2/c1-4-17(14-9-5-6-10-14)12-8-7-11-15(2,3)13-16/h14H,4-12H2,1-3H3. The van der Waals surface area contributed by atoms with Crippen molar-refractivity contribution >= 4 is 0 Å². The minimum absolute atomic E-state index is 0.135. The van der Waals surface area contributed by atoms with Crippen LogP contribution in [0.5, 0.6) is 0 Å². The molecule has 0 radical (unpaired) electrons. The van der Waals surface area contributed by atoms with Gasteiger partial charge in [0.05, 0.1) is 11.5 Å². The zero-order valence-corrected chi connectivity index (χ0v) is 11.8. The molecule has 0 aromatic rings. The van der Waals surface area contributed by atoms with Gasteiger partial charge in [-0.1, -0.05) is 26.2 Å². The van der Waals surface area contributed by atoms with Gasteiger partial charge >= 0.3 is 0 Å². The van der Waals surface area contributed by atoms with Crippen LogP contribution in [0.1, 0.15) is 65.7 Å². The van der Waals surface area contributed by atoms with Gasteiger partial charge in [-0.2, -0.15) is 5.26 Å². The molecule has 0 N–H and O–H groups in total. The molecule has 0 unspecified atom stereocenters. The van der Waals surface area contributed by atoms with Crippen LogP contribution in [0.15, 0.2) is 0 Å². The minimum Gasteiger partial charge on any atom is -0.301 e. The third kappa shape index (κ3) is 5.08. The summed E-state index contributed by atoms with van der Waals surface area (Å²) in [6, 6.07) is 3.24. The zero-order chi connectivity index (χ0) is 12.7. The van der Waals surface area contributed by atoms with Gasteiger partial charge in [0.1, 0.15) is 0 Å². The lowest BCUT2D eigenvalue weighted by molar-refractivity contribution is 0.202. The number of rotatable bonds is 7. The first kappa shape index (κ1) is 14.5. The summed E-state index contributed by atoms with van der Waals surface area (Å²) in [4.78, 5) is 2.65. The molecule has 0 bridgehead atoms. The third-order valence-corrected chi connectivity index (χ3v) is 4.05. The van der Waals surface area contributed by atoms with Crippen LogP contribution >= 0.6 is 0 Å². The fourth-order valence-corrected chi connectivity index (χ4v) is 2.81. The summed E-state index contributed by atoms with van der Waals surface area (Å²) in [6.45, 7) is 8.77. The van der Waals surface area contributed by atoms with Crippen molar-refractivity contribution < 1.29 is 0 Å². The molecule has 0 amide bonds. The van der Waals surface area contributed by atoms with E-state index >= 15 is 0 Å². The lowest BCUT2D eigenvalue weighted by Crippen LogP contribution is -2.33. The summed E-state index contributed by atoms with van der Waals surface area (Å²) in [5.74, 6) is 0. The molecule has 2 nitrogen and oxygen atoms in total. The molecule has 0 aromatic carbocycles. The second-order valence-corrected chi connectivity index (χ2v) is 6.02. The molecule has 1 fully saturated rings. The monoisotopic (exact) mass is 236 g/mol. The van der Waals surface area contributed by atoms with Gasteiger partial charge in [-0.3, -0.25) is 0 Å². The summed E-state index contributed by atoms with van der Waals surface area (Å²) in [7, 11) is 0. The van der Waals surface area contributed by atoms with Crippen molar-refractivity contribution in [3.63, 3.8) is 0 Å². The van der Waals surface area contributed by atoms with E-state index in [1.54, 1.807) is 0 Å². The van der Waals surface area contributed by atoms with Crippen LogP contribution in [0, 0.1) is 16.7 Å². The van der Waals surface area contributed by atoms with E-state index < -0.39 is 0 Å². The van der Waals surface area contributed by atoms with E-state index in [2.05, 4.69) is 17.9 Å². The van der Waals surface area contributed by atoms with E-state index in [4.69, 9.17) is 5.26 Å². The maximum absolute atomic E-state index is 8.96. The van der Waals surface area contributed by atoms with Crippen LogP contribution < -0.4 is 0 Å².